The number of hydrogen-bond donors (Lipinski definition) is 0. The summed E-state index contributed by atoms with van der Waals surface area (Å²) in [5.41, 5.74) is 8.12. The van der Waals surface area contributed by atoms with Crippen molar-refractivity contribution < 1.29 is 0 Å². The van der Waals surface area contributed by atoms with Gasteiger partial charge < -0.3 is 0 Å². The van der Waals surface area contributed by atoms with Crippen molar-refractivity contribution in [2.75, 3.05) is 0 Å². The Balaban J connectivity index is 1.56. The molecule has 0 aromatic heterocycles. The molecule has 0 amide bonds. The highest BCUT2D eigenvalue weighted by molar-refractivity contribution is 6.22. The van der Waals surface area contributed by atoms with Gasteiger partial charge in [-0.15, -0.1) is 0 Å². The Labute approximate surface area is 204 Å². The number of rotatable bonds is 1. The summed E-state index contributed by atoms with van der Waals surface area (Å²) < 4.78 is 0. The van der Waals surface area contributed by atoms with Crippen molar-refractivity contribution in [2.45, 2.75) is 6.42 Å². The first-order chi connectivity index (χ1) is 17.3. The highest BCUT2D eigenvalue weighted by atomic mass is 14.3. The topological polar surface area (TPSA) is 0 Å². The lowest BCUT2D eigenvalue weighted by Gasteiger charge is -2.24. The third kappa shape index (κ3) is 2.74. The largest absolute Gasteiger partial charge is 0.0622 e. The molecule has 0 N–H and O–H groups in total. The average molecular weight is 443 g/mol. The van der Waals surface area contributed by atoms with Crippen LogP contribution in [-0.2, 0) is 6.42 Å². The van der Waals surface area contributed by atoms with Crippen LogP contribution in [0.3, 0.4) is 0 Å². The van der Waals surface area contributed by atoms with Gasteiger partial charge in [-0.25, -0.2) is 0 Å². The van der Waals surface area contributed by atoms with Gasteiger partial charge in [-0.1, -0.05) is 97.1 Å². The lowest BCUT2D eigenvalue weighted by molar-refractivity contribution is 1.21. The molecule has 0 aliphatic heterocycles. The fourth-order valence-electron chi connectivity index (χ4n) is 6.17. The minimum Gasteiger partial charge on any atom is -0.0622 e. The smallest absolute Gasteiger partial charge is 0.00128 e. The van der Waals surface area contributed by atoms with E-state index in [1.54, 1.807) is 0 Å². The number of hydrogen-bond acceptors (Lipinski definition) is 0. The van der Waals surface area contributed by atoms with Crippen molar-refractivity contribution in [1.29, 1.82) is 0 Å². The molecule has 0 atom stereocenters. The zero-order valence-corrected chi connectivity index (χ0v) is 19.3. The molecule has 0 saturated carbocycles. The van der Waals surface area contributed by atoms with Gasteiger partial charge in [0.05, 0.1) is 0 Å². The van der Waals surface area contributed by atoms with E-state index in [9.17, 15) is 0 Å². The SMILES string of the molecule is c1ccc(-c2cc3c4c(cc5c6ccccc6ccc5c4c2)Cc2cc4ccccc4cc2-3)cc1. The van der Waals surface area contributed by atoms with Crippen molar-refractivity contribution in [1.82, 2.24) is 0 Å². The van der Waals surface area contributed by atoms with Gasteiger partial charge in [0, 0.05) is 0 Å². The lowest BCUT2D eigenvalue weighted by atomic mass is 9.79. The quantitative estimate of drug-likeness (QED) is 0.222. The monoisotopic (exact) mass is 442 g/mol. The van der Waals surface area contributed by atoms with Crippen LogP contribution in [0.2, 0.25) is 0 Å². The van der Waals surface area contributed by atoms with E-state index in [4.69, 9.17) is 0 Å². The van der Waals surface area contributed by atoms with E-state index >= 15 is 0 Å². The Kier molecular flexibility index (Phi) is 3.81. The molecule has 0 spiro atoms. The summed E-state index contributed by atoms with van der Waals surface area (Å²) in [7, 11) is 0. The summed E-state index contributed by atoms with van der Waals surface area (Å²) in [4.78, 5) is 0. The summed E-state index contributed by atoms with van der Waals surface area (Å²) in [5.74, 6) is 0. The molecule has 35 heavy (non-hydrogen) atoms. The molecule has 7 aromatic rings. The van der Waals surface area contributed by atoms with Crippen LogP contribution < -0.4 is 0 Å². The van der Waals surface area contributed by atoms with E-state index in [1.807, 2.05) is 0 Å². The van der Waals surface area contributed by atoms with E-state index in [2.05, 4.69) is 121 Å². The van der Waals surface area contributed by atoms with Crippen LogP contribution in [0.5, 0.6) is 0 Å². The molecule has 1 aliphatic carbocycles. The summed E-state index contributed by atoms with van der Waals surface area (Å²) in [5, 5.41) is 10.7. The fourth-order valence-corrected chi connectivity index (χ4v) is 6.17. The summed E-state index contributed by atoms with van der Waals surface area (Å²) in [6.07, 6.45) is 0.966. The van der Waals surface area contributed by atoms with Crippen molar-refractivity contribution in [2.24, 2.45) is 0 Å². The van der Waals surface area contributed by atoms with Crippen molar-refractivity contribution in [3.8, 4) is 22.3 Å². The van der Waals surface area contributed by atoms with Gasteiger partial charge in [0.2, 0.25) is 0 Å². The Morgan fingerprint density at radius 2 is 1.11 bits per heavy atom. The van der Waals surface area contributed by atoms with E-state index in [1.165, 1.54) is 76.5 Å². The molecular weight excluding hydrogens is 420 g/mol. The van der Waals surface area contributed by atoms with Crippen LogP contribution in [0.15, 0.2) is 121 Å². The Bertz CT molecular complexity index is 1960. The molecule has 162 valence electrons. The molecule has 8 rings (SSSR count). The van der Waals surface area contributed by atoms with Crippen LogP contribution in [0.25, 0.3) is 65.3 Å². The first kappa shape index (κ1) is 18.9. The maximum Gasteiger partial charge on any atom is -0.00128 e. The van der Waals surface area contributed by atoms with Crippen LogP contribution in [0.4, 0.5) is 0 Å². The van der Waals surface area contributed by atoms with Crippen molar-refractivity contribution in [3.63, 3.8) is 0 Å². The van der Waals surface area contributed by atoms with Crippen LogP contribution >= 0.6 is 0 Å². The van der Waals surface area contributed by atoms with Crippen molar-refractivity contribution >= 4 is 43.1 Å². The Morgan fingerprint density at radius 3 is 1.97 bits per heavy atom. The zero-order valence-electron chi connectivity index (χ0n) is 19.3. The zero-order chi connectivity index (χ0) is 22.9. The van der Waals surface area contributed by atoms with Gasteiger partial charge in [-0.2, -0.15) is 0 Å². The molecule has 0 nitrogen and oxygen atoms in total. The second-order valence-electron chi connectivity index (χ2n) is 9.76. The van der Waals surface area contributed by atoms with E-state index < -0.39 is 0 Å². The molecule has 0 bridgehead atoms. The third-order valence-electron chi connectivity index (χ3n) is 7.79. The number of benzene rings is 7. The third-order valence-corrected chi connectivity index (χ3v) is 7.79. The van der Waals surface area contributed by atoms with E-state index in [-0.39, 0.29) is 0 Å². The minimum absolute atomic E-state index is 0.966. The first-order valence-electron chi connectivity index (χ1n) is 12.3. The molecule has 0 saturated heterocycles. The standard InChI is InChI=1S/C35H22/c1-2-8-22(9-3-1)26-19-33-30-15-14-23-10-6-7-13-29(23)32(30)21-28-17-27-16-24-11-4-5-12-25(24)18-31(27)34(20-26)35(28)33/h1-16,18-21H,17H2. The van der Waals surface area contributed by atoms with Crippen LogP contribution in [0.1, 0.15) is 11.1 Å². The average Bonchev–Trinajstić information content (AvgIpc) is 2.92. The van der Waals surface area contributed by atoms with E-state index in [0.29, 0.717) is 0 Å². The van der Waals surface area contributed by atoms with Gasteiger partial charge in [-0.3, -0.25) is 0 Å². The van der Waals surface area contributed by atoms with Gasteiger partial charge in [0.1, 0.15) is 0 Å². The lowest BCUT2D eigenvalue weighted by Crippen LogP contribution is -2.02. The minimum atomic E-state index is 0.966. The van der Waals surface area contributed by atoms with E-state index in [0.717, 1.165) is 6.42 Å². The number of fused-ring (bicyclic) bond motifs is 7. The molecule has 0 heterocycles. The maximum atomic E-state index is 2.46. The highest BCUT2D eigenvalue weighted by Gasteiger charge is 2.22. The van der Waals surface area contributed by atoms with Crippen LogP contribution in [0, 0.1) is 0 Å². The first-order valence-corrected chi connectivity index (χ1v) is 12.3. The summed E-state index contributed by atoms with van der Waals surface area (Å²) in [6.45, 7) is 0. The molecule has 0 radical (unpaired) electrons. The Morgan fingerprint density at radius 1 is 0.371 bits per heavy atom. The van der Waals surface area contributed by atoms with Crippen LogP contribution in [-0.4, -0.2) is 0 Å². The van der Waals surface area contributed by atoms with Gasteiger partial charge in [0.15, 0.2) is 0 Å². The summed E-state index contributed by atoms with van der Waals surface area (Å²) in [6, 6.07) is 45.0. The Hall–Kier alpha value is -4.42. The second-order valence-corrected chi connectivity index (χ2v) is 9.76. The van der Waals surface area contributed by atoms with Gasteiger partial charge in [-0.05, 0) is 107 Å². The highest BCUT2D eigenvalue weighted by Crippen LogP contribution is 2.46. The van der Waals surface area contributed by atoms with Gasteiger partial charge >= 0.3 is 0 Å². The maximum absolute atomic E-state index is 2.46. The molecular formula is C35H22. The molecule has 1 aliphatic rings. The molecule has 7 aromatic carbocycles. The summed E-state index contributed by atoms with van der Waals surface area (Å²) >= 11 is 0. The fraction of sp³-hybridized carbons (Fsp3) is 0.0286. The molecule has 0 heteroatoms. The molecule has 0 unspecified atom stereocenters. The molecule has 0 fully saturated rings. The predicted octanol–water partition coefficient (Wildman–Crippen LogP) is 9.54. The predicted molar refractivity (Wildman–Crippen MR) is 150 cm³/mol. The van der Waals surface area contributed by atoms with Gasteiger partial charge in [0.25, 0.3) is 0 Å². The van der Waals surface area contributed by atoms with Crippen molar-refractivity contribution in [3.05, 3.63) is 132 Å². The second kappa shape index (κ2) is 7.04. The normalized spacial score (nSPS) is 12.5.